The number of rotatable bonds is 5. The Morgan fingerprint density at radius 3 is 2.96 bits per heavy atom. The molecule has 3 aliphatic carbocycles. The van der Waals surface area contributed by atoms with E-state index in [1.807, 2.05) is 6.07 Å². The molecule has 5 atom stereocenters. The summed E-state index contributed by atoms with van der Waals surface area (Å²) in [5.74, 6) is 2.59. The van der Waals surface area contributed by atoms with Gasteiger partial charge in [0.1, 0.15) is 5.75 Å². The second kappa shape index (κ2) is 7.58. The molecule has 0 aliphatic heterocycles. The normalized spacial score (nSPS) is 34.5. The molecule has 0 bridgehead atoms. The van der Waals surface area contributed by atoms with Gasteiger partial charge < -0.3 is 9.84 Å². The summed E-state index contributed by atoms with van der Waals surface area (Å²) >= 11 is 0. The van der Waals surface area contributed by atoms with Crippen LogP contribution >= 0.6 is 0 Å². The van der Waals surface area contributed by atoms with Gasteiger partial charge in [-0.15, -0.1) is 0 Å². The molecule has 3 nitrogen and oxygen atoms in total. The smallest absolute Gasteiger partial charge is 0.311 e. The molecule has 1 aromatic carbocycles. The van der Waals surface area contributed by atoms with Crippen molar-refractivity contribution in [2.24, 2.45) is 17.3 Å². The maximum atomic E-state index is 12.0. The third kappa shape index (κ3) is 3.68. The maximum absolute atomic E-state index is 12.0. The van der Waals surface area contributed by atoms with Gasteiger partial charge in [0.15, 0.2) is 0 Å². The van der Waals surface area contributed by atoms with Crippen molar-refractivity contribution in [3.8, 4) is 5.75 Å². The highest BCUT2D eigenvalue weighted by Gasteiger charge is 2.52. The van der Waals surface area contributed by atoms with Gasteiger partial charge in [0.2, 0.25) is 0 Å². The van der Waals surface area contributed by atoms with Crippen LogP contribution in [0.1, 0.15) is 88.7 Å². The average molecular weight is 371 g/mol. The van der Waals surface area contributed by atoms with E-state index < -0.39 is 0 Å². The molecule has 0 amide bonds. The van der Waals surface area contributed by atoms with Gasteiger partial charge in [-0.25, -0.2) is 0 Å². The van der Waals surface area contributed by atoms with E-state index in [1.165, 1.54) is 30.4 Å². The Balaban J connectivity index is 1.47. The largest absolute Gasteiger partial charge is 0.427 e. The number of aliphatic hydroxyl groups excluding tert-OH is 1. The van der Waals surface area contributed by atoms with Crippen molar-refractivity contribution in [2.45, 2.75) is 90.1 Å². The van der Waals surface area contributed by atoms with E-state index in [2.05, 4.69) is 26.0 Å². The molecule has 148 valence electrons. The molecule has 0 saturated heterocycles. The number of aliphatic hydroxyl groups is 1. The zero-order valence-corrected chi connectivity index (χ0v) is 16.9. The van der Waals surface area contributed by atoms with Gasteiger partial charge in [0.05, 0.1) is 6.10 Å². The monoisotopic (exact) mass is 370 g/mol. The minimum Gasteiger partial charge on any atom is -0.427 e. The van der Waals surface area contributed by atoms with Gasteiger partial charge in [0, 0.05) is 6.42 Å². The van der Waals surface area contributed by atoms with Crippen LogP contribution in [0.3, 0.4) is 0 Å². The Bertz CT molecular complexity index is 697. The second-order valence-electron chi connectivity index (χ2n) is 9.49. The number of carbonyl (C=O) groups excluding carboxylic acids is 1. The predicted octanol–water partition coefficient (Wildman–Crippen LogP) is 5.39. The molecular formula is C24H34O3. The van der Waals surface area contributed by atoms with E-state index in [0.29, 0.717) is 35.3 Å². The van der Waals surface area contributed by atoms with Crippen LogP contribution in [0.4, 0.5) is 0 Å². The van der Waals surface area contributed by atoms with Crippen molar-refractivity contribution in [1.82, 2.24) is 0 Å². The highest BCUT2D eigenvalue weighted by Crippen LogP contribution is 2.60. The van der Waals surface area contributed by atoms with Crippen molar-refractivity contribution < 1.29 is 14.6 Å². The highest BCUT2D eigenvalue weighted by atomic mass is 16.5. The summed E-state index contributed by atoms with van der Waals surface area (Å²) in [6, 6.07) is 6.33. The van der Waals surface area contributed by atoms with Crippen molar-refractivity contribution in [3.63, 3.8) is 0 Å². The number of ether oxygens (including phenoxy) is 1. The van der Waals surface area contributed by atoms with Crippen LogP contribution in [0.15, 0.2) is 18.2 Å². The van der Waals surface area contributed by atoms with Crippen molar-refractivity contribution in [3.05, 3.63) is 29.3 Å². The van der Waals surface area contributed by atoms with Crippen LogP contribution in [-0.2, 0) is 11.2 Å². The van der Waals surface area contributed by atoms with Crippen LogP contribution in [0.2, 0.25) is 0 Å². The first kappa shape index (κ1) is 19.0. The molecular weight excluding hydrogens is 336 g/mol. The molecule has 4 rings (SSSR count). The van der Waals surface area contributed by atoms with Crippen LogP contribution in [0, 0.1) is 17.3 Å². The van der Waals surface area contributed by atoms with E-state index >= 15 is 0 Å². The van der Waals surface area contributed by atoms with Crippen molar-refractivity contribution >= 4 is 5.97 Å². The molecule has 0 spiro atoms. The summed E-state index contributed by atoms with van der Waals surface area (Å²) in [5, 5.41) is 10.3. The standard InChI is InChI=1S/C24H34O3/c1-3-4-5-6-23(26)27-18-8-10-19-16(13-18)7-9-21-20(19)11-12-24(2)15-17(25)14-22(21)24/h8,10,13,17,20-22,25H,3-7,9,11-12,14-15H2,1-2H3/t17-,20-,21-,22+,24-/m1/s1. The Morgan fingerprint density at radius 2 is 2.15 bits per heavy atom. The third-order valence-corrected chi connectivity index (χ3v) is 7.66. The van der Waals surface area contributed by atoms with E-state index in [1.54, 1.807) is 0 Å². The lowest BCUT2D eigenvalue weighted by atomic mass is 9.56. The summed E-state index contributed by atoms with van der Waals surface area (Å²) in [4.78, 5) is 12.0. The molecule has 0 aromatic heterocycles. The van der Waals surface area contributed by atoms with Crippen molar-refractivity contribution in [1.29, 1.82) is 0 Å². The molecule has 2 fully saturated rings. The quantitative estimate of drug-likeness (QED) is 0.429. The number of carbonyl (C=O) groups is 1. The molecule has 2 saturated carbocycles. The Kier molecular flexibility index (Phi) is 5.33. The third-order valence-electron chi connectivity index (χ3n) is 7.66. The minimum absolute atomic E-state index is 0.102. The lowest BCUT2D eigenvalue weighted by Crippen LogP contribution is -2.39. The fraction of sp³-hybridized carbons (Fsp3) is 0.708. The van der Waals surface area contributed by atoms with Crippen LogP contribution < -0.4 is 4.74 Å². The van der Waals surface area contributed by atoms with E-state index in [4.69, 9.17) is 4.74 Å². The first-order chi connectivity index (χ1) is 13.0. The predicted molar refractivity (Wildman–Crippen MR) is 107 cm³/mol. The number of esters is 1. The van der Waals surface area contributed by atoms with Gasteiger partial charge >= 0.3 is 5.97 Å². The lowest BCUT2D eigenvalue weighted by Gasteiger charge is -2.49. The molecule has 0 radical (unpaired) electrons. The summed E-state index contributed by atoms with van der Waals surface area (Å²) in [6.07, 6.45) is 10.2. The molecule has 1 N–H and O–H groups in total. The minimum atomic E-state index is -0.106. The van der Waals surface area contributed by atoms with Crippen LogP contribution in [0.25, 0.3) is 0 Å². The van der Waals surface area contributed by atoms with Gasteiger partial charge in [0.25, 0.3) is 0 Å². The summed E-state index contributed by atoms with van der Waals surface area (Å²) in [6.45, 7) is 4.54. The molecule has 1 aromatic rings. The Morgan fingerprint density at radius 1 is 1.30 bits per heavy atom. The molecule has 27 heavy (non-hydrogen) atoms. The fourth-order valence-corrected chi connectivity index (χ4v) is 6.35. The molecule has 3 aliphatic rings. The zero-order chi connectivity index (χ0) is 19.0. The summed E-state index contributed by atoms with van der Waals surface area (Å²) in [7, 11) is 0. The first-order valence-electron chi connectivity index (χ1n) is 11.0. The Labute approximate surface area is 163 Å². The summed E-state index contributed by atoms with van der Waals surface area (Å²) < 4.78 is 5.59. The van der Waals surface area contributed by atoms with E-state index in [9.17, 15) is 9.90 Å². The number of aryl methyl sites for hydroxylation is 1. The van der Waals surface area contributed by atoms with Gasteiger partial charge in [-0.2, -0.15) is 0 Å². The van der Waals surface area contributed by atoms with Gasteiger partial charge in [-0.3, -0.25) is 4.79 Å². The molecule has 3 heteroatoms. The van der Waals surface area contributed by atoms with Crippen LogP contribution in [-0.4, -0.2) is 17.2 Å². The fourth-order valence-electron chi connectivity index (χ4n) is 6.35. The average Bonchev–Trinajstić information content (AvgIpc) is 2.95. The van der Waals surface area contributed by atoms with Gasteiger partial charge in [-0.05, 0) is 91.4 Å². The SMILES string of the molecule is CCCCCC(=O)Oc1ccc2c(c1)CC[C@@H]1[C@@H]2CC[C@]2(C)C[C@H](O)C[C@@H]12. The number of benzene rings is 1. The van der Waals surface area contributed by atoms with Gasteiger partial charge in [-0.1, -0.05) is 32.8 Å². The first-order valence-corrected chi connectivity index (χ1v) is 11.0. The second-order valence-corrected chi connectivity index (χ2v) is 9.49. The molecule has 0 unspecified atom stereocenters. The Hall–Kier alpha value is -1.35. The highest BCUT2D eigenvalue weighted by molar-refractivity contribution is 5.72. The number of hydrogen-bond donors (Lipinski definition) is 1. The topological polar surface area (TPSA) is 46.5 Å². The lowest BCUT2D eigenvalue weighted by molar-refractivity contribution is -0.134. The van der Waals surface area contributed by atoms with E-state index in [-0.39, 0.29) is 12.1 Å². The number of unbranched alkanes of at least 4 members (excludes halogenated alkanes) is 2. The number of fused-ring (bicyclic) bond motifs is 5. The zero-order valence-electron chi connectivity index (χ0n) is 16.9. The maximum Gasteiger partial charge on any atom is 0.311 e. The van der Waals surface area contributed by atoms with Crippen LogP contribution in [0.5, 0.6) is 5.75 Å². The summed E-state index contributed by atoms with van der Waals surface area (Å²) in [5.41, 5.74) is 3.18. The number of hydrogen-bond acceptors (Lipinski definition) is 3. The van der Waals surface area contributed by atoms with Crippen molar-refractivity contribution in [2.75, 3.05) is 0 Å². The van der Waals surface area contributed by atoms with E-state index in [0.717, 1.165) is 38.5 Å². The molecule has 0 heterocycles.